The summed E-state index contributed by atoms with van der Waals surface area (Å²) in [7, 11) is 0. The van der Waals surface area contributed by atoms with Crippen LogP contribution in [0, 0.1) is 27.7 Å². The maximum absolute atomic E-state index is 12.6. The van der Waals surface area contributed by atoms with E-state index < -0.39 is 6.03 Å². The zero-order valence-corrected chi connectivity index (χ0v) is 17.0. The van der Waals surface area contributed by atoms with Gasteiger partial charge < -0.3 is 10.6 Å². The zero-order chi connectivity index (χ0) is 20.3. The van der Waals surface area contributed by atoms with E-state index in [2.05, 4.69) is 20.9 Å². The second-order valence-corrected chi connectivity index (χ2v) is 7.71. The molecule has 1 aromatic heterocycles. The van der Waals surface area contributed by atoms with Gasteiger partial charge in [0.25, 0.3) is 5.91 Å². The monoisotopic (exact) mass is 394 g/mol. The van der Waals surface area contributed by atoms with Crippen LogP contribution in [0.25, 0.3) is 0 Å². The molecule has 0 atom stereocenters. The van der Waals surface area contributed by atoms with Crippen LogP contribution in [0.5, 0.6) is 0 Å². The number of thiazole rings is 1. The van der Waals surface area contributed by atoms with Crippen molar-refractivity contribution in [3.8, 4) is 0 Å². The first-order valence-electron chi connectivity index (χ1n) is 8.82. The van der Waals surface area contributed by atoms with Crippen LogP contribution in [0.1, 0.15) is 32.1 Å². The van der Waals surface area contributed by atoms with Crippen molar-refractivity contribution in [3.05, 3.63) is 69.7 Å². The van der Waals surface area contributed by atoms with Gasteiger partial charge in [0.15, 0.2) is 5.13 Å². The van der Waals surface area contributed by atoms with Gasteiger partial charge in [-0.1, -0.05) is 35.1 Å². The summed E-state index contributed by atoms with van der Waals surface area (Å²) in [5, 5.41) is 8.69. The summed E-state index contributed by atoms with van der Waals surface area (Å²) in [6.07, 6.45) is 0. The van der Waals surface area contributed by atoms with Gasteiger partial charge in [-0.25, -0.2) is 9.78 Å². The molecule has 0 aliphatic heterocycles. The first-order valence-corrected chi connectivity index (χ1v) is 9.63. The van der Waals surface area contributed by atoms with Crippen molar-refractivity contribution < 1.29 is 9.59 Å². The number of carbonyl (C=O) groups is 2. The summed E-state index contributed by atoms with van der Waals surface area (Å²) in [6, 6.07) is 12.9. The number of urea groups is 1. The van der Waals surface area contributed by atoms with Crippen molar-refractivity contribution in [1.82, 2.24) is 4.98 Å². The van der Waals surface area contributed by atoms with Gasteiger partial charge in [0.2, 0.25) is 0 Å². The number of carbonyl (C=O) groups excluding carboxylic acids is 2. The molecule has 28 heavy (non-hydrogen) atoms. The number of anilines is 3. The predicted molar refractivity (Wildman–Crippen MR) is 115 cm³/mol. The number of amides is 3. The molecule has 3 rings (SSSR count). The highest BCUT2D eigenvalue weighted by atomic mass is 32.1. The second-order valence-electron chi connectivity index (χ2n) is 6.71. The Morgan fingerprint density at radius 1 is 0.786 bits per heavy atom. The lowest BCUT2D eigenvalue weighted by Crippen LogP contribution is -2.19. The molecule has 0 bridgehead atoms. The van der Waals surface area contributed by atoms with Crippen LogP contribution < -0.4 is 16.0 Å². The first kappa shape index (κ1) is 19.6. The minimum Gasteiger partial charge on any atom is -0.321 e. The van der Waals surface area contributed by atoms with Crippen molar-refractivity contribution >= 4 is 39.8 Å². The third kappa shape index (κ3) is 4.95. The van der Waals surface area contributed by atoms with Crippen LogP contribution in [-0.4, -0.2) is 16.9 Å². The standard InChI is InChI=1S/C21H22N4O2S/c1-12-5-7-16(8-6-12)24-20(27)25-21-22-15(4)18(28-21)19(26)23-17-10-13(2)9-14(3)11-17/h5-11H,1-4H3,(H,23,26)(H2,22,24,25,27). The Balaban J connectivity index is 1.67. The number of nitrogens with zero attached hydrogens (tertiary/aromatic N) is 1. The maximum atomic E-state index is 12.6. The van der Waals surface area contributed by atoms with E-state index in [1.807, 2.05) is 63.2 Å². The summed E-state index contributed by atoms with van der Waals surface area (Å²) in [5.74, 6) is -0.244. The smallest absolute Gasteiger partial charge is 0.321 e. The van der Waals surface area contributed by atoms with E-state index >= 15 is 0 Å². The number of aryl methyl sites for hydroxylation is 4. The molecular formula is C21H22N4O2S. The molecular weight excluding hydrogens is 372 g/mol. The number of hydrogen-bond donors (Lipinski definition) is 3. The maximum Gasteiger partial charge on any atom is 0.325 e. The van der Waals surface area contributed by atoms with E-state index in [0.29, 0.717) is 21.4 Å². The quantitative estimate of drug-likeness (QED) is 0.563. The molecule has 0 radical (unpaired) electrons. The van der Waals surface area contributed by atoms with Crippen molar-refractivity contribution in [2.24, 2.45) is 0 Å². The van der Waals surface area contributed by atoms with Crippen LogP contribution in [0.4, 0.5) is 21.3 Å². The summed E-state index contributed by atoms with van der Waals surface area (Å²) in [4.78, 5) is 29.5. The normalized spacial score (nSPS) is 10.4. The fraction of sp³-hybridized carbons (Fsp3) is 0.190. The third-order valence-corrected chi connectivity index (χ3v) is 5.08. The van der Waals surface area contributed by atoms with Gasteiger partial charge in [-0.3, -0.25) is 10.1 Å². The molecule has 7 heteroatoms. The third-order valence-electron chi connectivity index (χ3n) is 4.01. The van der Waals surface area contributed by atoms with Crippen LogP contribution >= 0.6 is 11.3 Å². The van der Waals surface area contributed by atoms with Gasteiger partial charge in [0.05, 0.1) is 5.69 Å². The Labute approximate surface area is 168 Å². The molecule has 2 aromatic carbocycles. The minimum absolute atomic E-state index is 0.244. The van der Waals surface area contributed by atoms with Gasteiger partial charge in [-0.2, -0.15) is 0 Å². The molecule has 3 N–H and O–H groups in total. The molecule has 3 amide bonds. The molecule has 0 aliphatic rings. The lowest BCUT2D eigenvalue weighted by molar-refractivity contribution is 0.103. The molecule has 1 heterocycles. The Bertz CT molecular complexity index is 1010. The molecule has 6 nitrogen and oxygen atoms in total. The van der Waals surface area contributed by atoms with E-state index in [-0.39, 0.29) is 5.91 Å². The Morgan fingerprint density at radius 3 is 2.07 bits per heavy atom. The zero-order valence-electron chi connectivity index (χ0n) is 16.2. The van der Waals surface area contributed by atoms with Gasteiger partial charge in [-0.05, 0) is 63.1 Å². The number of rotatable bonds is 4. The summed E-state index contributed by atoms with van der Waals surface area (Å²) >= 11 is 1.14. The van der Waals surface area contributed by atoms with Crippen LogP contribution in [-0.2, 0) is 0 Å². The molecule has 3 aromatic rings. The van der Waals surface area contributed by atoms with Gasteiger partial charge >= 0.3 is 6.03 Å². The SMILES string of the molecule is Cc1ccc(NC(=O)Nc2nc(C)c(C(=O)Nc3cc(C)cc(C)c3)s2)cc1. The molecule has 144 valence electrons. The highest BCUT2D eigenvalue weighted by molar-refractivity contribution is 7.17. The van der Waals surface area contributed by atoms with Crippen LogP contribution in [0.15, 0.2) is 42.5 Å². The number of nitrogens with one attached hydrogen (secondary N) is 3. The lowest BCUT2D eigenvalue weighted by atomic mass is 10.1. The number of hydrogen-bond acceptors (Lipinski definition) is 4. The molecule has 0 saturated heterocycles. The van der Waals surface area contributed by atoms with Crippen LogP contribution in [0.2, 0.25) is 0 Å². The highest BCUT2D eigenvalue weighted by Crippen LogP contribution is 2.24. The molecule has 0 fully saturated rings. The molecule has 0 unspecified atom stereocenters. The van der Waals surface area contributed by atoms with Gasteiger partial charge in [0.1, 0.15) is 4.88 Å². The van der Waals surface area contributed by atoms with Crippen molar-refractivity contribution in [1.29, 1.82) is 0 Å². The lowest BCUT2D eigenvalue weighted by Gasteiger charge is -2.06. The Morgan fingerprint density at radius 2 is 1.43 bits per heavy atom. The average Bonchev–Trinajstić information content (AvgIpc) is 2.96. The van der Waals surface area contributed by atoms with E-state index in [0.717, 1.165) is 33.7 Å². The van der Waals surface area contributed by atoms with Crippen molar-refractivity contribution in [2.45, 2.75) is 27.7 Å². The number of benzene rings is 2. The van der Waals surface area contributed by atoms with Gasteiger partial charge in [0, 0.05) is 11.4 Å². The fourth-order valence-electron chi connectivity index (χ4n) is 2.79. The molecule has 0 aliphatic carbocycles. The predicted octanol–water partition coefficient (Wildman–Crippen LogP) is 5.27. The topological polar surface area (TPSA) is 83.1 Å². The summed E-state index contributed by atoms with van der Waals surface area (Å²) in [5.41, 5.74) is 5.25. The Kier molecular flexibility index (Phi) is 5.75. The van der Waals surface area contributed by atoms with E-state index in [9.17, 15) is 9.59 Å². The van der Waals surface area contributed by atoms with E-state index in [1.54, 1.807) is 6.92 Å². The highest BCUT2D eigenvalue weighted by Gasteiger charge is 2.17. The number of aromatic nitrogens is 1. The molecule has 0 saturated carbocycles. The van der Waals surface area contributed by atoms with E-state index in [4.69, 9.17) is 0 Å². The van der Waals surface area contributed by atoms with Crippen LogP contribution in [0.3, 0.4) is 0 Å². The minimum atomic E-state index is -0.404. The Hall–Kier alpha value is -3.19. The largest absolute Gasteiger partial charge is 0.325 e. The molecule has 0 spiro atoms. The second kappa shape index (κ2) is 8.22. The van der Waals surface area contributed by atoms with Crippen molar-refractivity contribution in [2.75, 3.05) is 16.0 Å². The summed E-state index contributed by atoms with van der Waals surface area (Å²) in [6.45, 7) is 7.69. The van der Waals surface area contributed by atoms with Crippen molar-refractivity contribution in [3.63, 3.8) is 0 Å². The summed E-state index contributed by atoms with van der Waals surface area (Å²) < 4.78 is 0. The van der Waals surface area contributed by atoms with Gasteiger partial charge in [-0.15, -0.1) is 0 Å². The fourth-order valence-corrected chi connectivity index (χ4v) is 3.65. The van der Waals surface area contributed by atoms with E-state index in [1.165, 1.54) is 0 Å². The first-order chi connectivity index (χ1) is 13.3. The average molecular weight is 395 g/mol.